The van der Waals surface area contributed by atoms with Gasteiger partial charge in [0, 0.05) is 18.9 Å². The third kappa shape index (κ3) is 21.8. The van der Waals surface area contributed by atoms with E-state index in [4.69, 9.17) is 5.11 Å². The zero-order valence-electron chi connectivity index (χ0n) is 18.9. The zero-order valence-corrected chi connectivity index (χ0v) is 19.8. The van der Waals surface area contributed by atoms with Gasteiger partial charge in [0.25, 0.3) is 0 Å². The summed E-state index contributed by atoms with van der Waals surface area (Å²) in [7, 11) is 0. The van der Waals surface area contributed by atoms with Gasteiger partial charge in [-0.15, -0.1) is 0 Å². The molecule has 0 heterocycles. The standard InChI is InChI=1S/C24H47NO3S/c1-22(19-21-29)24(28)25-20-17-15-13-11-9-7-5-3-2-4-6-8-10-12-14-16-18-23(26)27/h22,29H,2-21H2,1H3,(H,25,28)(H,26,27). The van der Waals surface area contributed by atoms with Gasteiger partial charge < -0.3 is 10.4 Å². The summed E-state index contributed by atoms with van der Waals surface area (Å²) in [5, 5.41) is 11.6. The van der Waals surface area contributed by atoms with Crippen LogP contribution in [0, 0.1) is 5.92 Å². The Balaban J connectivity index is 3.13. The van der Waals surface area contributed by atoms with Crippen LogP contribution in [0.15, 0.2) is 0 Å². The minimum absolute atomic E-state index is 0.0861. The highest BCUT2D eigenvalue weighted by Gasteiger charge is 2.10. The number of rotatable bonds is 22. The minimum Gasteiger partial charge on any atom is -0.481 e. The Labute approximate surface area is 185 Å². The average molecular weight is 430 g/mol. The number of carbonyl (C=O) groups is 2. The van der Waals surface area contributed by atoms with Crippen molar-refractivity contribution in [3.05, 3.63) is 0 Å². The fourth-order valence-electron chi connectivity index (χ4n) is 3.59. The summed E-state index contributed by atoms with van der Waals surface area (Å²) in [6.45, 7) is 2.79. The van der Waals surface area contributed by atoms with Crippen LogP contribution < -0.4 is 5.32 Å². The largest absolute Gasteiger partial charge is 0.481 e. The van der Waals surface area contributed by atoms with E-state index in [9.17, 15) is 9.59 Å². The molecule has 0 rings (SSSR count). The van der Waals surface area contributed by atoms with Crippen molar-refractivity contribution in [1.29, 1.82) is 0 Å². The van der Waals surface area contributed by atoms with Gasteiger partial charge in [-0.2, -0.15) is 12.6 Å². The maximum atomic E-state index is 11.8. The second kappa shape index (κ2) is 22.0. The van der Waals surface area contributed by atoms with Crippen LogP contribution in [-0.2, 0) is 9.59 Å². The molecule has 2 N–H and O–H groups in total. The number of nitrogens with one attached hydrogen (secondary N) is 1. The molecule has 29 heavy (non-hydrogen) atoms. The number of carbonyl (C=O) groups excluding carboxylic acids is 1. The van der Waals surface area contributed by atoms with Crippen molar-refractivity contribution in [2.75, 3.05) is 12.3 Å². The second-order valence-corrected chi connectivity index (χ2v) is 8.95. The SMILES string of the molecule is CC(CCS)C(=O)NCCCCCCCCCCCCCCCCCCC(=O)O. The van der Waals surface area contributed by atoms with Crippen molar-refractivity contribution >= 4 is 24.5 Å². The van der Waals surface area contributed by atoms with Crippen molar-refractivity contribution in [3.63, 3.8) is 0 Å². The second-order valence-electron chi connectivity index (χ2n) is 8.50. The van der Waals surface area contributed by atoms with Crippen LogP contribution in [0.4, 0.5) is 0 Å². The van der Waals surface area contributed by atoms with E-state index < -0.39 is 5.97 Å². The molecule has 0 aliphatic rings. The van der Waals surface area contributed by atoms with E-state index in [-0.39, 0.29) is 11.8 Å². The molecule has 1 atom stereocenters. The van der Waals surface area contributed by atoms with Gasteiger partial charge in [0.05, 0.1) is 0 Å². The van der Waals surface area contributed by atoms with Gasteiger partial charge in [0.1, 0.15) is 0 Å². The number of hydrogen-bond acceptors (Lipinski definition) is 3. The van der Waals surface area contributed by atoms with E-state index in [1.165, 1.54) is 83.5 Å². The summed E-state index contributed by atoms with van der Waals surface area (Å²) in [5.41, 5.74) is 0. The molecule has 0 saturated heterocycles. The lowest BCUT2D eigenvalue weighted by Gasteiger charge is -2.10. The number of unbranched alkanes of at least 4 members (excludes halogenated alkanes) is 15. The highest BCUT2D eigenvalue weighted by atomic mass is 32.1. The summed E-state index contributed by atoms with van der Waals surface area (Å²) >= 11 is 4.18. The first-order chi connectivity index (χ1) is 14.1. The quantitative estimate of drug-likeness (QED) is 0.131. The van der Waals surface area contributed by atoms with Crippen LogP contribution in [0.25, 0.3) is 0 Å². The lowest BCUT2D eigenvalue weighted by atomic mass is 10.0. The van der Waals surface area contributed by atoms with E-state index >= 15 is 0 Å². The Hall–Kier alpha value is -0.710. The number of carboxylic acid groups (broad SMARTS) is 1. The molecular weight excluding hydrogens is 382 g/mol. The predicted molar refractivity (Wildman–Crippen MR) is 127 cm³/mol. The van der Waals surface area contributed by atoms with Crippen molar-refractivity contribution in [2.45, 2.75) is 122 Å². The number of thiol groups is 1. The lowest BCUT2D eigenvalue weighted by molar-refractivity contribution is -0.137. The molecule has 0 aliphatic carbocycles. The smallest absolute Gasteiger partial charge is 0.303 e. The third-order valence-corrected chi connectivity index (χ3v) is 5.88. The molecule has 0 aromatic carbocycles. The number of hydrogen-bond donors (Lipinski definition) is 3. The average Bonchev–Trinajstić information content (AvgIpc) is 2.69. The first-order valence-electron chi connectivity index (χ1n) is 12.2. The van der Waals surface area contributed by atoms with E-state index in [0.29, 0.717) is 6.42 Å². The molecule has 0 aliphatic heterocycles. The monoisotopic (exact) mass is 429 g/mol. The topological polar surface area (TPSA) is 66.4 Å². The van der Waals surface area contributed by atoms with Crippen LogP contribution in [0.2, 0.25) is 0 Å². The first-order valence-corrected chi connectivity index (χ1v) is 12.8. The fraction of sp³-hybridized carbons (Fsp3) is 0.917. The minimum atomic E-state index is -0.666. The summed E-state index contributed by atoms with van der Waals surface area (Å²) in [4.78, 5) is 22.2. The normalized spacial score (nSPS) is 12.1. The molecule has 1 unspecified atom stereocenters. The van der Waals surface area contributed by atoms with Crippen LogP contribution in [0.3, 0.4) is 0 Å². The molecule has 1 amide bonds. The number of carboxylic acids is 1. The zero-order chi connectivity index (χ0) is 21.6. The van der Waals surface area contributed by atoms with Gasteiger partial charge in [0.2, 0.25) is 5.91 Å². The van der Waals surface area contributed by atoms with E-state index in [2.05, 4.69) is 17.9 Å². The molecule has 172 valence electrons. The fourth-order valence-corrected chi connectivity index (χ4v) is 3.97. The molecule has 5 heteroatoms. The molecular formula is C24H47NO3S. The number of amides is 1. The molecule has 0 fully saturated rings. The summed E-state index contributed by atoms with van der Waals surface area (Å²) < 4.78 is 0. The Kier molecular flexibility index (Phi) is 21.4. The van der Waals surface area contributed by atoms with E-state index in [0.717, 1.165) is 38.0 Å². The van der Waals surface area contributed by atoms with Crippen LogP contribution in [-0.4, -0.2) is 29.3 Å². The third-order valence-electron chi connectivity index (χ3n) is 5.63. The molecule has 0 bridgehead atoms. The molecule has 0 aromatic heterocycles. The highest BCUT2D eigenvalue weighted by Crippen LogP contribution is 2.14. The molecule has 0 spiro atoms. The van der Waals surface area contributed by atoms with Gasteiger partial charge in [0.15, 0.2) is 0 Å². The van der Waals surface area contributed by atoms with Crippen LogP contribution in [0.1, 0.15) is 122 Å². The maximum Gasteiger partial charge on any atom is 0.303 e. The van der Waals surface area contributed by atoms with Gasteiger partial charge >= 0.3 is 5.97 Å². The van der Waals surface area contributed by atoms with E-state index in [1.807, 2.05) is 6.92 Å². The summed E-state index contributed by atoms with van der Waals surface area (Å²) in [5.74, 6) is 0.366. The maximum absolute atomic E-state index is 11.8. The highest BCUT2D eigenvalue weighted by molar-refractivity contribution is 7.80. The summed E-state index contributed by atoms with van der Waals surface area (Å²) in [6, 6.07) is 0. The molecule has 0 aromatic rings. The van der Waals surface area contributed by atoms with E-state index in [1.54, 1.807) is 0 Å². The Morgan fingerprint density at radius 1 is 0.724 bits per heavy atom. The summed E-state index contributed by atoms with van der Waals surface area (Å²) in [6.07, 6.45) is 21.3. The Morgan fingerprint density at radius 3 is 1.48 bits per heavy atom. The van der Waals surface area contributed by atoms with Gasteiger partial charge in [-0.25, -0.2) is 0 Å². The van der Waals surface area contributed by atoms with Gasteiger partial charge in [-0.05, 0) is 25.0 Å². The molecule has 0 radical (unpaired) electrons. The van der Waals surface area contributed by atoms with Crippen molar-refractivity contribution in [3.8, 4) is 0 Å². The van der Waals surface area contributed by atoms with Crippen molar-refractivity contribution < 1.29 is 14.7 Å². The van der Waals surface area contributed by atoms with Crippen LogP contribution >= 0.6 is 12.6 Å². The first kappa shape index (κ1) is 28.3. The predicted octanol–water partition coefficient (Wildman–Crippen LogP) is 6.77. The lowest BCUT2D eigenvalue weighted by Crippen LogP contribution is -2.30. The Bertz CT molecular complexity index is 390. The van der Waals surface area contributed by atoms with Crippen LogP contribution in [0.5, 0.6) is 0 Å². The van der Waals surface area contributed by atoms with Crippen molar-refractivity contribution in [2.24, 2.45) is 5.92 Å². The molecule has 4 nitrogen and oxygen atoms in total. The van der Waals surface area contributed by atoms with Gasteiger partial charge in [-0.1, -0.05) is 96.8 Å². The Morgan fingerprint density at radius 2 is 1.10 bits per heavy atom. The van der Waals surface area contributed by atoms with Gasteiger partial charge in [-0.3, -0.25) is 9.59 Å². The number of aliphatic carboxylic acids is 1. The van der Waals surface area contributed by atoms with Crippen molar-refractivity contribution in [1.82, 2.24) is 5.32 Å². The molecule has 0 saturated carbocycles.